The van der Waals surface area contributed by atoms with E-state index >= 15 is 0 Å². The Morgan fingerprint density at radius 3 is 2.43 bits per heavy atom. The molecule has 0 radical (unpaired) electrons. The van der Waals surface area contributed by atoms with Crippen molar-refractivity contribution >= 4 is 31.6 Å². The van der Waals surface area contributed by atoms with Crippen LogP contribution in [0.25, 0.3) is 0 Å². The number of nitrogens with two attached hydrogens (primary N) is 1. The summed E-state index contributed by atoms with van der Waals surface area (Å²) in [6.07, 6.45) is 0.617. The molecule has 1 rings (SSSR count). The van der Waals surface area contributed by atoms with E-state index in [4.69, 9.17) is 15.2 Å². The first-order valence-corrected chi connectivity index (χ1v) is 8.70. The summed E-state index contributed by atoms with van der Waals surface area (Å²) in [4.78, 5) is 0.178. The van der Waals surface area contributed by atoms with Gasteiger partial charge in [0.15, 0.2) is 0 Å². The summed E-state index contributed by atoms with van der Waals surface area (Å²) in [6, 6.07) is 4.62. The molecule has 0 amide bonds. The summed E-state index contributed by atoms with van der Waals surface area (Å²) in [5.74, 6) is 0. The molecular formula is C13H21BrN2O4S. The van der Waals surface area contributed by atoms with Gasteiger partial charge in [-0.1, -0.05) is 0 Å². The molecule has 0 spiro atoms. The Balaban J connectivity index is 2.98. The zero-order valence-corrected chi connectivity index (χ0v) is 14.6. The van der Waals surface area contributed by atoms with E-state index in [1.165, 1.54) is 23.5 Å². The summed E-state index contributed by atoms with van der Waals surface area (Å²) in [5, 5.41) is 0. The number of hydrogen-bond acceptors (Lipinski definition) is 5. The minimum Gasteiger partial charge on any atom is -0.398 e. The Morgan fingerprint density at radius 2 is 1.86 bits per heavy atom. The van der Waals surface area contributed by atoms with Crippen LogP contribution >= 0.6 is 15.9 Å². The summed E-state index contributed by atoms with van der Waals surface area (Å²) in [7, 11) is -0.470. The first-order valence-electron chi connectivity index (χ1n) is 6.46. The van der Waals surface area contributed by atoms with Gasteiger partial charge in [-0.2, -0.15) is 4.31 Å². The maximum Gasteiger partial charge on any atom is 0.243 e. The highest BCUT2D eigenvalue weighted by molar-refractivity contribution is 9.10. The predicted molar refractivity (Wildman–Crippen MR) is 85.7 cm³/mol. The number of benzene rings is 1. The lowest BCUT2D eigenvalue weighted by atomic mass is 10.3. The van der Waals surface area contributed by atoms with Crippen LogP contribution in [0.5, 0.6) is 0 Å². The Morgan fingerprint density at radius 1 is 1.19 bits per heavy atom. The van der Waals surface area contributed by atoms with Crippen molar-refractivity contribution in [2.75, 3.05) is 46.3 Å². The van der Waals surface area contributed by atoms with Gasteiger partial charge in [0, 0.05) is 44.1 Å². The van der Waals surface area contributed by atoms with Crippen molar-refractivity contribution in [3.8, 4) is 0 Å². The van der Waals surface area contributed by atoms with Gasteiger partial charge >= 0.3 is 0 Å². The zero-order chi connectivity index (χ0) is 15.9. The van der Waals surface area contributed by atoms with Crippen molar-refractivity contribution in [2.45, 2.75) is 11.3 Å². The molecule has 0 heterocycles. The quantitative estimate of drug-likeness (QED) is 0.520. The third-order valence-electron chi connectivity index (χ3n) is 2.91. The van der Waals surface area contributed by atoms with Crippen LogP contribution < -0.4 is 5.73 Å². The van der Waals surface area contributed by atoms with Gasteiger partial charge < -0.3 is 15.2 Å². The van der Waals surface area contributed by atoms with Crippen LogP contribution in [0.2, 0.25) is 0 Å². The number of sulfonamides is 1. The fourth-order valence-electron chi connectivity index (χ4n) is 1.76. The van der Waals surface area contributed by atoms with Crippen LogP contribution in [0, 0.1) is 0 Å². The lowest BCUT2D eigenvalue weighted by Gasteiger charge is -2.22. The minimum atomic E-state index is -3.60. The average Bonchev–Trinajstić information content (AvgIpc) is 2.45. The smallest absolute Gasteiger partial charge is 0.243 e. The van der Waals surface area contributed by atoms with Crippen molar-refractivity contribution in [3.05, 3.63) is 22.7 Å². The number of ether oxygens (including phenoxy) is 2. The summed E-state index contributed by atoms with van der Waals surface area (Å²) >= 11 is 3.26. The summed E-state index contributed by atoms with van der Waals surface area (Å²) in [5.41, 5.74) is 6.15. The highest BCUT2D eigenvalue weighted by atomic mass is 79.9. The van der Waals surface area contributed by atoms with Gasteiger partial charge in [0.1, 0.15) is 0 Å². The number of nitrogens with zero attached hydrogens (tertiary/aromatic N) is 1. The molecule has 0 aromatic heterocycles. The molecule has 0 unspecified atom stereocenters. The normalized spacial score (nSPS) is 12.0. The Kier molecular flexibility index (Phi) is 7.61. The first-order chi connectivity index (χ1) is 9.93. The highest BCUT2D eigenvalue weighted by Gasteiger charge is 2.24. The molecule has 8 heteroatoms. The largest absolute Gasteiger partial charge is 0.398 e. The molecule has 0 fully saturated rings. The van der Waals surface area contributed by atoms with Crippen molar-refractivity contribution in [3.63, 3.8) is 0 Å². The van der Waals surface area contributed by atoms with Crippen LogP contribution in [0.15, 0.2) is 27.6 Å². The third kappa shape index (κ3) is 5.23. The monoisotopic (exact) mass is 380 g/mol. The molecule has 0 aliphatic heterocycles. The molecular weight excluding hydrogens is 360 g/mol. The lowest BCUT2D eigenvalue weighted by Crippen LogP contribution is -2.35. The van der Waals surface area contributed by atoms with Gasteiger partial charge in [-0.05, 0) is 40.5 Å². The molecule has 0 atom stereocenters. The maximum atomic E-state index is 12.7. The number of halogens is 1. The molecule has 1 aromatic carbocycles. The van der Waals surface area contributed by atoms with Crippen molar-refractivity contribution in [2.24, 2.45) is 0 Å². The minimum absolute atomic E-state index is 0.178. The Labute approximate surface area is 134 Å². The molecule has 0 aliphatic carbocycles. The molecule has 6 nitrogen and oxygen atoms in total. The second-order valence-corrected chi connectivity index (χ2v) is 7.22. The van der Waals surface area contributed by atoms with Gasteiger partial charge in [0.2, 0.25) is 10.0 Å². The fourth-order valence-corrected chi connectivity index (χ4v) is 3.51. The summed E-state index contributed by atoms with van der Waals surface area (Å²) in [6.45, 7) is 1.49. The van der Waals surface area contributed by atoms with Crippen molar-refractivity contribution in [1.29, 1.82) is 0 Å². The second-order valence-electron chi connectivity index (χ2n) is 4.43. The van der Waals surface area contributed by atoms with Crippen LogP contribution in [0.3, 0.4) is 0 Å². The Hall–Kier alpha value is -0.670. The van der Waals surface area contributed by atoms with E-state index in [1.807, 2.05) is 0 Å². The predicted octanol–water partition coefficient (Wildman–Crippen LogP) is 1.70. The standard InChI is InChI=1S/C13H21BrN2O4S/c1-19-8-3-6-16(7-9-20-2)21(17,18)11-4-5-12(14)13(15)10-11/h4-5,10H,3,6-9,15H2,1-2H3. The van der Waals surface area contributed by atoms with E-state index in [0.717, 1.165) is 0 Å². The van der Waals surface area contributed by atoms with Gasteiger partial charge in [-0.25, -0.2) is 8.42 Å². The Bertz CT molecular complexity index is 551. The molecule has 120 valence electrons. The van der Waals surface area contributed by atoms with E-state index in [0.29, 0.717) is 42.9 Å². The van der Waals surface area contributed by atoms with Gasteiger partial charge in [0.25, 0.3) is 0 Å². The first kappa shape index (κ1) is 18.4. The lowest BCUT2D eigenvalue weighted by molar-refractivity contribution is 0.164. The molecule has 0 aliphatic rings. The van der Waals surface area contributed by atoms with Gasteiger partial charge in [0.05, 0.1) is 11.5 Å². The van der Waals surface area contributed by atoms with E-state index in [-0.39, 0.29) is 4.90 Å². The fraction of sp³-hybridized carbons (Fsp3) is 0.538. The molecule has 21 heavy (non-hydrogen) atoms. The SMILES string of the molecule is COCCCN(CCOC)S(=O)(=O)c1ccc(Br)c(N)c1. The average molecular weight is 381 g/mol. The number of methoxy groups -OCH3 is 2. The van der Waals surface area contributed by atoms with Crippen LogP contribution in [0.4, 0.5) is 5.69 Å². The molecule has 0 saturated heterocycles. The summed E-state index contributed by atoms with van der Waals surface area (Å²) < 4.78 is 37.3. The number of nitrogen functional groups attached to an aromatic ring is 1. The highest BCUT2D eigenvalue weighted by Crippen LogP contribution is 2.25. The topological polar surface area (TPSA) is 81.9 Å². The van der Waals surface area contributed by atoms with Gasteiger partial charge in [-0.3, -0.25) is 0 Å². The number of anilines is 1. The number of hydrogen-bond donors (Lipinski definition) is 1. The molecule has 2 N–H and O–H groups in total. The third-order valence-corrected chi connectivity index (χ3v) is 5.52. The van der Waals surface area contributed by atoms with Crippen molar-refractivity contribution < 1.29 is 17.9 Å². The van der Waals surface area contributed by atoms with Gasteiger partial charge in [-0.15, -0.1) is 0 Å². The van der Waals surface area contributed by atoms with E-state index in [9.17, 15) is 8.42 Å². The zero-order valence-electron chi connectivity index (χ0n) is 12.2. The van der Waals surface area contributed by atoms with Crippen LogP contribution in [-0.4, -0.2) is 53.2 Å². The van der Waals surface area contributed by atoms with Crippen LogP contribution in [0.1, 0.15) is 6.42 Å². The van der Waals surface area contributed by atoms with E-state index in [2.05, 4.69) is 15.9 Å². The second kappa shape index (κ2) is 8.70. The van der Waals surface area contributed by atoms with E-state index in [1.54, 1.807) is 13.2 Å². The van der Waals surface area contributed by atoms with E-state index < -0.39 is 10.0 Å². The molecule has 1 aromatic rings. The maximum absolute atomic E-state index is 12.7. The molecule has 0 bridgehead atoms. The van der Waals surface area contributed by atoms with Crippen molar-refractivity contribution in [1.82, 2.24) is 4.31 Å². The van der Waals surface area contributed by atoms with Crippen LogP contribution in [-0.2, 0) is 19.5 Å². The molecule has 0 saturated carbocycles. The number of rotatable bonds is 9.